The van der Waals surface area contributed by atoms with Gasteiger partial charge < -0.3 is 40.4 Å². The molecule has 0 aliphatic heterocycles. The number of nitrogens with one attached hydrogen (secondary N) is 2. The van der Waals surface area contributed by atoms with E-state index in [2.05, 4.69) is 10.6 Å². The number of benzene rings is 2. The van der Waals surface area contributed by atoms with Crippen LogP contribution in [0.3, 0.4) is 0 Å². The van der Waals surface area contributed by atoms with Gasteiger partial charge in [-0.05, 0) is 42.2 Å². The average molecular weight is 490 g/mol. The van der Waals surface area contributed by atoms with Gasteiger partial charge in [0.2, 0.25) is 17.6 Å². The number of carbonyl (C=O) groups excluding carboxylic acids is 2. The van der Waals surface area contributed by atoms with Gasteiger partial charge in [-0.15, -0.1) is 0 Å². The molecule has 192 valence electrons. The van der Waals surface area contributed by atoms with Gasteiger partial charge in [-0.2, -0.15) is 0 Å². The predicted molar refractivity (Wildman–Crippen MR) is 131 cm³/mol. The Balaban J connectivity index is 2.06. The second kappa shape index (κ2) is 12.7. The van der Waals surface area contributed by atoms with Crippen LogP contribution in [0.2, 0.25) is 0 Å². The van der Waals surface area contributed by atoms with E-state index in [1.165, 1.54) is 34.5 Å². The summed E-state index contributed by atoms with van der Waals surface area (Å²) in [7, 11) is 6.02. The molecule has 35 heavy (non-hydrogen) atoms. The Morgan fingerprint density at radius 1 is 0.943 bits per heavy atom. The molecule has 0 heterocycles. The van der Waals surface area contributed by atoms with Crippen molar-refractivity contribution in [3.63, 3.8) is 0 Å². The third-order valence-electron chi connectivity index (χ3n) is 5.51. The lowest BCUT2D eigenvalue weighted by molar-refractivity contribution is -0.130. The summed E-state index contributed by atoms with van der Waals surface area (Å²) < 4.78 is 21.1. The highest BCUT2D eigenvalue weighted by atomic mass is 16.5. The molecule has 0 radical (unpaired) electrons. The van der Waals surface area contributed by atoms with Crippen LogP contribution < -0.4 is 35.3 Å². The molecule has 10 heteroatoms. The zero-order chi connectivity index (χ0) is 26.1. The van der Waals surface area contributed by atoms with Gasteiger partial charge in [0.05, 0.1) is 34.5 Å². The van der Waals surface area contributed by atoms with Crippen molar-refractivity contribution in [2.45, 2.75) is 38.9 Å². The van der Waals surface area contributed by atoms with Gasteiger partial charge in [0, 0.05) is 18.2 Å². The third kappa shape index (κ3) is 7.16. The Morgan fingerprint density at radius 2 is 1.57 bits per heavy atom. The van der Waals surface area contributed by atoms with Crippen LogP contribution in [0, 0.1) is 5.92 Å². The van der Waals surface area contributed by atoms with E-state index >= 15 is 0 Å². The molecule has 2 atom stereocenters. The van der Waals surface area contributed by atoms with E-state index in [-0.39, 0.29) is 30.5 Å². The van der Waals surface area contributed by atoms with Crippen LogP contribution in [-0.4, -0.2) is 57.4 Å². The SMILES string of the molecule is COc1ccc(CNC(=O)[C@@H](NC(=O)[C@@H](N)Cc2cc(OC)c(OC)c(OC)c2)C(C)C)c(O)c1. The van der Waals surface area contributed by atoms with E-state index in [4.69, 9.17) is 24.7 Å². The lowest BCUT2D eigenvalue weighted by Gasteiger charge is -2.24. The molecule has 0 aromatic heterocycles. The van der Waals surface area contributed by atoms with Crippen LogP contribution >= 0.6 is 0 Å². The second-order valence-corrected chi connectivity index (χ2v) is 8.29. The number of phenolic OH excluding ortho intramolecular Hbond substituents is 1. The Morgan fingerprint density at radius 3 is 2.06 bits per heavy atom. The molecule has 0 saturated heterocycles. The van der Waals surface area contributed by atoms with Crippen molar-refractivity contribution in [2.24, 2.45) is 11.7 Å². The maximum atomic E-state index is 12.8. The maximum Gasteiger partial charge on any atom is 0.243 e. The number of phenols is 1. The smallest absolute Gasteiger partial charge is 0.243 e. The van der Waals surface area contributed by atoms with Crippen molar-refractivity contribution >= 4 is 11.8 Å². The summed E-state index contributed by atoms with van der Waals surface area (Å²) in [5.74, 6) is 0.802. The minimum Gasteiger partial charge on any atom is -0.507 e. The lowest BCUT2D eigenvalue weighted by atomic mass is 10.0. The fourth-order valence-electron chi connectivity index (χ4n) is 3.51. The molecule has 2 amide bonds. The summed E-state index contributed by atoms with van der Waals surface area (Å²) >= 11 is 0. The fourth-order valence-corrected chi connectivity index (χ4v) is 3.51. The molecule has 0 saturated carbocycles. The molecule has 2 aromatic carbocycles. The van der Waals surface area contributed by atoms with E-state index in [1.807, 2.05) is 13.8 Å². The first-order valence-electron chi connectivity index (χ1n) is 11.1. The highest BCUT2D eigenvalue weighted by molar-refractivity contribution is 5.90. The Labute approximate surface area is 205 Å². The summed E-state index contributed by atoms with van der Waals surface area (Å²) in [6, 6.07) is 6.53. The molecule has 0 unspecified atom stereocenters. The Hall–Kier alpha value is -3.66. The number of amides is 2. The molecule has 0 spiro atoms. The molecule has 10 nitrogen and oxygen atoms in total. The number of hydrogen-bond acceptors (Lipinski definition) is 8. The zero-order valence-corrected chi connectivity index (χ0v) is 21.0. The minimum atomic E-state index is -0.919. The first kappa shape index (κ1) is 27.6. The van der Waals surface area contributed by atoms with Gasteiger partial charge >= 0.3 is 0 Å². The first-order valence-corrected chi connectivity index (χ1v) is 11.1. The van der Waals surface area contributed by atoms with Gasteiger partial charge in [-0.3, -0.25) is 9.59 Å². The number of methoxy groups -OCH3 is 4. The first-order chi connectivity index (χ1) is 16.6. The summed E-state index contributed by atoms with van der Waals surface area (Å²) in [5, 5.41) is 15.6. The largest absolute Gasteiger partial charge is 0.507 e. The molecule has 0 aliphatic rings. The van der Waals surface area contributed by atoms with Crippen LogP contribution in [0.4, 0.5) is 0 Å². The van der Waals surface area contributed by atoms with Crippen LogP contribution in [-0.2, 0) is 22.6 Å². The number of hydrogen-bond donors (Lipinski definition) is 4. The van der Waals surface area contributed by atoms with Gasteiger partial charge in [0.1, 0.15) is 17.5 Å². The number of aromatic hydroxyl groups is 1. The van der Waals surface area contributed by atoms with Gasteiger partial charge in [0.25, 0.3) is 0 Å². The van der Waals surface area contributed by atoms with Gasteiger partial charge in [0.15, 0.2) is 11.5 Å². The van der Waals surface area contributed by atoms with Crippen molar-refractivity contribution in [3.8, 4) is 28.7 Å². The summed E-state index contributed by atoms with van der Waals surface area (Å²) in [6.45, 7) is 3.73. The zero-order valence-electron chi connectivity index (χ0n) is 21.0. The van der Waals surface area contributed by atoms with Crippen molar-refractivity contribution < 1.29 is 33.6 Å². The van der Waals surface area contributed by atoms with Crippen LogP contribution in [0.1, 0.15) is 25.0 Å². The molecular weight excluding hydrogens is 454 g/mol. The quantitative estimate of drug-likeness (QED) is 0.353. The van der Waals surface area contributed by atoms with Crippen LogP contribution in [0.5, 0.6) is 28.7 Å². The molecule has 0 aliphatic carbocycles. The molecular formula is C25H35N3O7. The van der Waals surface area contributed by atoms with Crippen molar-refractivity contribution in [1.29, 1.82) is 0 Å². The van der Waals surface area contributed by atoms with E-state index in [1.54, 1.807) is 24.3 Å². The van der Waals surface area contributed by atoms with Crippen molar-refractivity contribution in [2.75, 3.05) is 28.4 Å². The number of nitrogens with two attached hydrogens (primary N) is 1. The average Bonchev–Trinajstić information content (AvgIpc) is 2.84. The molecule has 5 N–H and O–H groups in total. The van der Waals surface area contributed by atoms with E-state index in [0.29, 0.717) is 34.1 Å². The minimum absolute atomic E-state index is 0.00199. The van der Waals surface area contributed by atoms with E-state index in [0.717, 1.165) is 0 Å². The number of ether oxygens (including phenoxy) is 4. The number of rotatable bonds is 12. The van der Waals surface area contributed by atoms with Crippen LogP contribution in [0.25, 0.3) is 0 Å². The van der Waals surface area contributed by atoms with Crippen molar-refractivity contribution in [3.05, 3.63) is 41.5 Å². The van der Waals surface area contributed by atoms with Crippen LogP contribution in [0.15, 0.2) is 30.3 Å². The maximum absolute atomic E-state index is 12.8. The van der Waals surface area contributed by atoms with Crippen molar-refractivity contribution in [1.82, 2.24) is 10.6 Å². The van der Waals surface area contributed by atoms with Gasteiger partial charge in [-0.25, -0.2) is 0 Å². The predicted octanol–water partition coefficient (Wildman–Crippen LogP) is 1.75. The normalized spacial score (nSPS) is 12.5. The molecule has 0 fully saturated rings. The monoisotopic (exact) mass is 489 g/mol. The van der Waals surface area contributed by atoms with E-state index < -0.39 is 18.0 Å². The van der Waals surface area contributed by atoms with E-state index in [9.17, 15) is 14.7 Å². The fraction of sp³-hybridized carbons (Fsp3) is 0.440. The standard InChI is InChI=1S/C25H35N3O7/c1-14(2)22(25(31)27-13-16-7-8-17(32-3)12-19(16)29)28-24(30)18(26)9-15-10-20(33-4)23(35-6)21(11-15)34-5/h7-8,10-12,14,18,22,29H,9,13,26H2,1-6H3,(H,27,31)(H,28,30)/t18-,22-/m0/s1. The summed E-state index contributed by atoms with van der Waals surface area (Å²) in [6.07, 6.45) is 0.189. The second-order valence-electron chi connectivity index (χ2n) is 8.29. The highest BCUT2D eigenvalue weighted by Gasteiger charge is 2.27. The Bertz CT molecular complexity index is 1000. The highest BCUT2D eigenvalue weighted by Crippen LogP contribution is 2.38. The third-order valence-corrected chi connectivity index (χ3v) is 5.51. The van der Waals surface area contributed by atoms with Gasteiger partial charge in [-0.1, -0.05) is 13.8 Å². The topological polar surface area (TPSA) is 141 Å². The molecule has 2 aromatic rings. The Kier molecular flexibility index (Phi) is 10.0. The molecule has 0 bridgehead atoms. The summed E-state index contributed by atoms with van der Waals surface area (Å²) in [4.78, 5) is 25.7. The lowest BCUT2D eigenvalue weighted by Crippen LogP contribution is -2.54. The number of carbonyl (C=O) groups is 2. The summed E-state index contributed by atoms with van der Waals surface area (Å²) in [5.41, 5.74) is 7.39. The molecule has 2 rings (SSSR count).